The third-order valence-corrected chi connectivity index (χ3v) is 2.23. The molecule has 0 aromatic carbocycles. The molecule has 2 aromatic heterocycles. The van der Waals surface area contributed by atoms with Gasteiger partial charge in [0, 0.05) is 7.05 Å². The SMILES string of the molecule is CN(Cc1ncn[nH]1)C(=O)c1cnc(Cl)cn1. The second kappa shape index (κ2) is 4.88. The predicted molar refractivity (Wildman–Crippen MR) is 59.2 cm³/mol. The number of hydrogen-bond acceptors (Lipinski definition) is 5. The molecule has 0 unspecified atom stereocenters. The molecule has 2 heterocycles. The van der Waals surface area contributed by atoms with Crippen LogP contribution in [0.15, 0.2) is 18.7 Å². The number of carbonyl (C=O) groups is 1. The molecule has 88 valence electrons. The number of hydrogen-bond donors (Lipinski definition) is 1. The van der Waals surface area contributed by atoms with E-state index < -0.39 is 0 Å². The van der Waals surface area contributed by atoms with Gasteiger partial charge >= 0.3 is 0 Å². The Morgan fingerprint density at radius 3 is 2.82 bits per heavy atom. The topological polar surface area (TPSA) is 87.7 Å². The van der Waals surface area contributed by atoms with E-state index in [-0.39, 0.29) is 16.8 Å². The number of aromatic nitrogens is 5. The van der Waals surface area contributed by atoms with E-state index in [0.29, 0.717) is 12.4 Å². The molecule has 0 aliphatic carbocycles. The highest BCUT2D eigenvalue weighted by molar-refractivity contribution is 6.29. The molecule has 0 aliphatic rings. The highest BCUT2D eigenvalue weighted by Gasteiger charge is 2.14. The van der Waals surface area contributed by atoms with Gasteiger partial charge in [0.2, 0.25) is 0 Å². The van der Waals surface area contributed by atoms with E-state index in [1.54, 1.807) is 7.05 Å². The molecule has 2 rings (SSSR count). The minimum Gasteiger partial charge on any atom is -0.333 e. The molecule has 0 fully saturated rings. The number of halogens is 1. The molecule has 0 saturated heterocycles. The highest BCUT2D eigenvalue weighted by Crippen LogP contribution is 2.05. The summed E-state index contributed by atoms with van der Waals surface area (Å²) in [5.41, 5.74) is 0.233. The van der Waals surface area contributed by atoms with Crippen LogP contribution < -0.4 is 0 Å². The normalized spacial score (nSPS) is 10.2. The van der Waals surface area contributed by atoms with Crippen molar-refractivity contribution in [3.8, 4) is 0 Å². The monoisotopic (exact) mass is 252 g/mol. The smallest absolute Gasteiger partial charge is 0.274 e. The third-order valence-electron chi connectivity index (χ3n) is 2.04. The lowest BCUT2D eigenvalue weighted by Gasteiger charge is -2.14. The van der Waals surface area contributed by atoms with Gasteiger partial charge < -0.3 is 4.90 Å². The van der Waals surface area contributed by atoms with Crippen molar-refractivity contribution >= 4 is 17.5 Å². The Hall–Kier alpha value is -2.02. The molecular weight excluding hydrogens is 244 g/mol. The van der Waals surface area contributed by atoms with E-state index >= 15 is 0 Å². The maximum absolute atomic E-state index is 11.9. The Morgan fingerprint density at radius 2 is 2.24 bits per heavy atom. The summed E-state index contributed by atoms with van der Waals surface area (Å²) in [6, 6.07) is 0. The molecule has 17 heavy (non-hydrogen) atoms. The van der Waals surface area contributed by atoms with Gasteiger partial charge in [-0.05, 0) is 0 Å². The Balaban J connectivity index is 2.07. The largest absolute Gasteiger partial charge is 0.333 e. The van der Waals surface area contributed by atoms with Crippen molar-refractivity contribution < 1.29 is 4.79 Å². The van der Waals surface area contributed by atoms with E-state index in [9.17, 15) is 4.79 Å². The van der Waals surface area contributed by atoms with Gasteiger partial charge in [0.1, 0.15) is 23.0 Å². The summed E-state index contributed by atoms with van der Waals surface area (Å²) in [4.78, 5) is 25.0. The van der Waals surface area contributed by atoms with Crippen molar-refractivity contribution in [1.29, 1.82) is 0 Å². The fourth-order valence-corrected chi connectivity index (χ4v) is 1.32. The van der Waals surface area contributed by atoms with Crippen LogP contribution >= 0.6 is 11.6 Å². The summed E-state index contributed by atoms with van der Waals surface area (Å²) in [6.45, 7) is 0.323. The predicted octanol–water partition coefficient (Wildman–Crippen LogP) is 0.520. The minimum absolute atomic E-state index is 0.233. The number of nitrogens with one attached hydrogen (secondary N) is 1. The number of amides is 1. The molecule has 1 amide bonds. The zero-order valence-electron chi connectivity index (χ0n) is 8.96. The molecule has 0 bridgehead atoms. The van der Waals surface area contributed by atoms with Crippen molar-refractivity contribution in [2.75, 3.05) is 7.05 Å². The first-order chi connectivity index (χ1) is 8.16. The molecule has 0 aliphatic heterocycles. The summed E-state index contributed by atoms with van der Waals surface area (Å²) in [5, 5.41) is 6.62. The zero-order chi connectivity index (χ0) is 12.3. The lowest BCUT2D eigenvalue weighted by atomic mass is 10.4. The van der Waals surface area contributed by atoms with Crippen molar-refractivity contribution in [2.45, 2.75) is 6.54 Å². The molecular formula is C9H9ClN6O. The number of rotatable bonds is 3. The van der Waals surface area contributed by atoms with Crippen LogP contribution in [0.5, 0.6) is 0 Å². The average molecular weight is 253 g/mol. The van der Waals surface area contributed by atoms with Crippen LogP contribution in [-0.4, -0.2) is 43.0 Å². The Morgan fingerprint density at radius 1 is 1.41 bits per heavy atom. The summed E-state index contributed by atoms with van der Waals surface area (Å²) in [7, 11) is 1.64. The van der Waals surface area contributed by atoms with Gasteiger partial charge in [-0.1, -0.05) is 11.6 Å². The van der Waals surface area contributed by atoms with Crippen LogP contribution in [0.1, 0.15) is 16.3 Å². The van der Waals surface area contributed by atoms with Crippen molar-refractivity contribution in [3.05, 3.63) is 35.4 Å². The molecule has 0 saturated carbocycles. The second-order valence-electron chi connectivity index (χ2n) is 3.32. The fourth-order valence-electron chi connectivity index (χ4n) is 1.22. The van der Waals surface area contributed by atoms with Gasteiger partial charge in [0.05, 0.1) is 18.9 Å². The zero-order valence-corrected chi connectivity index (χ0v) is 9.72. The van der Waals surface area contributed by atoms with Gasteiger partial charge in [0.15, 0.2) is 0 Å². The number of aromatic amines is 1. The van der Waals surface area contributed by atoms with Crippen LogP contribution in [0.25, 0.3) is 0 Å². The first-order valence-corrected chi connectivity index (χ1v) is 5.12. The van der Waals surface area contributed by atoms with Crippen LogP contribution in [0.4, 0.5) is 0 Å². The van der Waals surface area contributed by atoms with Crippen molar-refractivity contribution in [3.63, 3.8) is 0 Å². The molecule has 7 nitrogen and oxygen atoms in total. The Bertz CT molecular complexity index is 497. The quantitative estimate of drug-likeness (QED) is 0.860. The van der Waals surface area contributed by atoms with Crippen molar-refractivity contribution in [2.24, 2.45) is 0 Å². The van der Waals surface area contributed by atoms with Crippen LogP contribution in [0.3, 0.4) is 0 Å². The number of carbonyl (C=O) groups excluding carboxylic acids is 1. The summed E-state index contributed by atoms with van der Waals surface area (Å²) in [6.07, 6.45) is 4.05. The van der Waals surface area contributed by atoms with E-state index in [4.69, 9.17) is 11.6 Å². The van der Waals surface area contributed by atoms with Crippen LogP contribution in [0.2, 0.25) is 5.15 Å². The summed E-state index contributed by atoms with van der Waals surface area (Å²) < 4.78 is 0. The van der Waals surface area contributed by atoms with E-state index in [0.717, 1.165) is 0 Å². The summed E-state index contributed by atoms with van der Waals surface area (Å²) >= 11 is 5.59. The molecule has 0 radical (unpaired) electrons. The van der Waals surface area contributed by atoms with Gasteiger partial charge in [-0.25, -0.2) is 15.0 Å². The Kier molecular flexibility index (Phi) is 3.29. The standard InChI is InChI=1S/C9H9ClN6O/c1-16(4-8-13-5-14-15-8)9(17)6-2-12-7(10)3-11-6/h2-3,5H,4H2,1H3,(H,13,14,15). The molecule has 0 spiro atoms. The van der Waals surface area contributed by atoms with Gasteiger partial charge in [0.25, 0.3) is 5.91 Å². The Labute approximate surface area is 102 Å². The number of nitrogens with zero attached hydrogens (tertiary/aromatic N) is 5. The maximum Gasteiger partial charge on any atom is 0.274 e. The first-order valence-electron chi connectivity index (χ1n) is 4.74. The van der Waals surface area contributed by atoms with E-state index in [2.05, 4.69) is 25.1 Å². The second-order valence-corrected chi connectivity index (χ2v) is 3.70. The lowest BCUT2D eigenvalue weighted by Crippen LogP contribution is -2.27. The number of H-pyrrole nitrogens is 1. The molecule has 0 atom stereocenters. The van der Waals surface area contributed by atoms with Gasteiger partial charge in [-0.3, -0.25) is 9.89 Å². The van der Waals surface area contributed by atoms with E-state index in [1.807, 2.05) is 0 Å². The minimum atomic E-state index is -0.259. The first kappa shape index (κ1) is 11.5. The van der Waals surface area contributed by atoms with Crippen LogP contribution in [0, 0.1) is 0 Å². The third kappa shape index (κ3) is 2.76. The summed E-state index contributed by atoms with van der Waals surface area (Å²) in [5.74, 6) is 0.341. The van der Waals surface area contributed by atoms with Gasteiger partial charge in [-0.15, -0.1) is 0 Å². The van der Waals surface area contributed by atoms with Crippen molar-refractivity contribution in [1.82, 2.24) is 30.0 Å². The molecule has 2 aromatic rings. The fraction of sp³-hybridized carbons (Fsp3) is 0.222. The average Bonchev–Trinajstić information content (AvgIpc) is 2.82. The highest BCUT2D eigenvalue weighted by atomic mass is 35.5. The molecule has 1 N–H and O–H groups in total. The lowest BCUT2D eigenvalue weighted by molar-refractivity contribution is 0.0775. The maximum atomic E-state index is 11.9. The van der Waals surface area contributed by atoms with E-state index in [1.165, 1.54) is 23.6 Å². The van der Waals surface area contributed by atoms with Gasteiger partial charge in [-0.2, -0.15) is 5.10 Å². The van der Waals surface area contributed by atoms with Crippen LogP contribution in [-0.2, 0) is 6.54 Å². The molecule has 8 heteroatoms.